The molecule has 2 aromatic heterocycles. The van der Waals surface area contributed by atoms with Crippen molar-refractivity contribution in [3.05, 3.63) is 35.4 Å². The maximum absolute atomic E-state index is 6.11. The van der Waals surface area contributed by atoms with Crippen LogP contribution in [0.3, 0.4) is 0 Å². The standard InChI is InChI=1S/C10H15N5/c1-7-8(6-15(3)12-7)10(11)9-4-5-14(2)13-9/h4-6,10H,11H2,1-3H3. The number of aryl methyl sites for hydroxylation is 3. The van der Waals surface area contributed by atoms with E-state index in [9.17, 15) is 0 Å². The fraction of sp³-hybridized carbons (Fsp3) is 0.400. The lowest BCUT2D eigenvalue weighted by molar-refractivity contribution is 0.713. The first-order chi connectivity index (χ1) is 7.08. The minimum absolute atomic E-state index is 0.195. The molecule has 2 aromatic rings. The van der Waals surface area contributed by atoms with E-state index in [-0.39, 0.29) is 6.04 Å². The lowest BCUT2D eigenvalue weighted by Crippen LogP contribution is -2.13. The van der Waals surface area contributed by atoms with E-state index in [1.165, 1.54) is 0 Å². The molecule has 0 bridgehead atoms. The van der Waals surface area contributed by atoms with Crippen LogP contribution in [0.5, 0.6) is 0 Å². The molecule has 1 atom stereocenters. The van der Waals surface area contributed by atoms with Crippen LogP contribution in [0.1, 0.15) is 23.0 Å². The molecule has 0 radical (unpaired) electrons. The Morgan fingerprint density at radius 2 is 2.00 bits per heavy atom. The Hall–Kier alpha value is -1.62. The Balaban J connectivity index is 2.35. The number of nitrogens with two attached hydrogens (primary N) is 1. The predicted molar refractivity (Wildman–Crippen MR) is 57.2 cm³/mol. The Kier molecular flexibility index (Phi) is 2.32. The topological polar surface area (TPSA) is 61.7 Å². The molecule has 80 valence electrons. The van der Waals surface area contributed by atoms with Gasteiger partial charge in [-0.2, -0.15) is 10.2 Å². The predicted octanol–water partition coefficient (Wildman–Crippen LogP) is 0.510. The number of nitrogens with zero attached hydrogens (tertiary/aromatic N) is 4. The molecule has 0 aliphatic rings. The van der Waals surface area contributed by atoms with Gasteiger partial charge in [-0.3, -0.25) is 9.36 Å². The van der Waals surface area contributed by atoms with E-state index >= 15 is 0 Å². The van der Waals surface area contributed by atoms with E-state index in [1.807, 2.05) is 39.5 Å². The summed E-state index contributed by atoms with van der Waals surface area (Å²) in [6.45, 7) is 1.96. The third-order valence-electron chi connectivity index (χ3n) is 2.44. The van der Waals surface area contributed by atoms with Crippen molar-refractivity contribution in [2.75, 3.05) is 0 Å². The SMILES string of the molecule is Cc1nn(C)cc1C(N)c1ccn(C)n1. The van der Waals surface area contributed by atoms with Gasteiger partial charge >= 0.3 is 0 Å². The lowest BCUT2D eigenvalue weighted by atomic mass is 10.1. The molecule has 5 heteroatoms. The highest BCUT2D eigenvalue weighted by atomic mass is 15.3. The molecule has 2 N–H and O–H groups in total. The first-order valence-corrected chi connectivity index (χ1v) is 4.83. The molecule has 0 aliphatic carbocycles. The third kappa shape index (κ3) is 1.78. The van der Waals surface area contributed by atoms with Crippen LogP contribution in [0.25, 0.3) is 0 Å². The van der Waals surface area contributed by atoms with Gasteiger partial charge < -0.3 is 5.73 Å². The Morgan fingerprint density at radius 1 is 1.27 bits per heavy atom. The monoisotopic (exact) mass is 205 g/mol. The van der Waals surface area contributed by atoms with Gasteiger partial charge in [-0.25, -0.2) is 0 Å². The van der Waals surface area contributed by atoms with E-state index in [0.717, 1.165) is 17.0 Å². The molecule has 2 rings (SSSR count). The van der Waals surface area contributed by atoms with E-state index < -0.39 is 0 Å². The van der Waals surface area contributed by atoms with Gasteiger partial charge in [0.15, 0.2) is 0 Å². The normalized spacial score (nSPS) is 13.1. The Morgan fingerprint density at radius 3 is 2.47 bits per heavy atom. The average molecular weight is 205 g/mol. The summed E-state index contributed by atoms with van der Waals surface area (Å²) in [6, 6.07) is 1.73. The molecular weight excluding hydrogens is 190 g/mol. The zero-order valence-corrected chi connectivity index (χ0v) is 9.18. The Bertz CT molecular complexity index is 468. The van der Waals surface area contributed by atoms with E-state index in [2.05, 4.69) is 10.2 Å². The van der Waals surface area contributed by atoms with Crippen molar-refractivity contribution < 1.29 is 0 Å². The van der Waals surface area contributed by atoms with Crippen LogP contribution in [0.2, 0.25) is 0 Å². The van der Waals surface area contributed by atoms with E-state index in [4.69, 9.17) is 5.73 Å². The zero-order valence-electron chi connectivity index (χ0n) is 9.18. The second kappa shape index (κ2) is 3.51. The molecule has 0 fully saturated rings. The molecular formula is C10H15N5. The highest BCUT2D eigenvalue weighted by Crippen LogP contribution is 2.19. The zero-order chi connectivity index (χ0) is 11.0. The van der Waals surface area contributed by atoms with Gasteiger partial charge in [0.2, 0.25) is 0 Å². The van der Waals surface area contributed by atoms with Crippen LogP contribution in [0.15, 0.2) is 18.5 Å². The van der Waals surface area contributed by atoms with Gasteiger partial charge in [-0.15, -0.1) is 0 Å². The van der Waals surface area contributed by atoms with Crippen LogP contribution in [0.4, 0.5) is 0 Å². The summed E-state index contributed by atoms with van der Waals surface area (Å²) >= 11 is 0. The first-order valence-electron chi connectivity index (χ1n) is 4.83. The number of hydrogen-bond acceptors (Lipinski definition) is 3. The smallest absolute Gasteiger partial charge is 0.0838 e. The summed E-state index contributed by atoms with van der Waals surface area (Å²) in [6.07, 6.45) is 3.83. The maximum atomic E-state index is 6.11. The molecule has 0 saturated carbocycles. The molecule has 1 unspecified atom stereocenters. The fourth-order valence-electron chi connectivity index (χ4n) is 1.68. The van der Waals surface area contributed by atoms with Crippen LogP contribution in [0, 0.1) is 6.92 Å². The van der Waals surface area contributed by atoms with Crippen LogP contribution < -0.4 is 5.73 Å². The third-order valence-corrected chi connectivity index (χ3v) is 2.44. The van der Waals surface area contributed by atoms with Crippen molar-refractivity contribution in [2.24, 2.45) is 19.8 Å². The first kappa shape index (κ1) is 9.92. The summed E-state index contributed by atoms with van der Waals surface area (Å²) in [7, 11) is 3.77. The highest BCUT2D eigenvalue weighted by molar-refractivity contribution is 5.27. The van der Waals surface area contributed by atoms with Crippen molar-refractivity contribution in [3.8, 4) is 0 Å². The molecule has 0 saturated heterocycles. The van der Waals surface area contributed by atoms with Crippen LogP contribution in [-0.2, 0) is 14.1 Å². The van der Waals surface area contributed by atoms with E-state index in [1.54, 1.807) is 9.36 Å². The molecule has 0 spiro atoms. The minimum Gasteiger partial charge on any atom is -0.319 e. The summed E-state index contributed by atoms with van der Waals surface area (Å²) in [5, 5.41) is 8.56. The van der Waals surface area contributed by atoms with E-state index in [0.29, 0.717) is 0 Å². The van der Waals surface area contributed by atoms with Crippen molar-refractivity contribution in [2.45, 2.75) is 13.0 Å². The second-order valence-electron chi connectivity index (χ2n) is 3.74. The molecule has 2 heterocycles. The highest BCUT2D eigenvalue weighted by Gasteiger charge is 2.16. The summed E-state index contributed by atoms with van der Waals surface area (Å²) < 4.78 is 3.52. The Labute approximate surface area is 88.5 Å². The van der Waals surface area contributed by atoms with Crippen molar-refractivity contribution in [3.63, 3.8) is 0 Å². The maximum Gasteiger partial charge on any atom is 0.0838 e. The van der Waals surface area contributed by atoms with Crippen molar-refractivity contribution in [1.82, 2.24) is 19.6 Å². The van der Waals surface area contributed by atoms with Crippen molar-refractivity contribution >= 4 is 0 Å². The number of hydrogen-bond donors (Lipinski definition) is 1. The molecule has 5 nitrogen and oxygen atoms in total. The lowest BCUT2D eigenvalue weighted by Gasteiger charge is -2.06. The number of aromatic nitrogens is 4. The second-order valence-corrected chi connectivity index (χ2v) is 3.74. The molecule has 0 aliphatic heterocycles. The van der Waals surface area contributed by atoms with Gasteiger partial charge in [0.1, 0.15) is 0 Å². The largest absolute Gasteiger partial charge is 0.319 e. The van der Waals surface area contributed by atoms with Gasteiger partial charge in [0, 0.05) is 32.1 Å². The van der Waals surface area contributed by atoms with Gasteiger partial charge in [0.25, 0.3) is 0 Å². The molecule has 15 heavy (non-hydrogen) atoms. The average Bonchev–Trinajstić information content (AvgIpc) is 2.71. The number of rotatable bonds is 2. The summed E-state index contributed by atoms with van der Waals surface area (Å²) in [5.41, 5.74) is 8.96. The summed E-state index contributed by atoms with van der Waals surface area (Å²) in [5.74, 6) is 0. The van der Waals surface area contributed by atoms with Crippen LogP contribution >= 0.6 is 0 Å². The van der Waals surface area contributed by atoms with Crippen molar-refractivity contribution in [1.29, 1.82) is 0 Å². The van der Waals surface area contributed by atoms with Crippen LogP contribution in [-0.4, -0.2) is 19.6 Å². The quantitative estimate of drug-likeness (QED) is 0.777. The molecule has 0 amide bonds. The minimum atomic E-state index is -0.195. The summed E-state index contributed by atoms with van der Waals surface area (Å²) in [4.78, 5) is 0. The van der Waals surface area contributed by atoms with Gasteiger partial charge in [-0.1, -0.05) is 0 Å². The van der Waals surface area contributed by atoms with Gasteiger partial charge in [-0.05, 0) is 13.0 Å². The van der Waals surface area contributed by atoms with Gasteiger partial charge in [0.05, 0.1) is 17.4 Å². The fourth-order valence-corrected chi connectivity index (χ4v) is 1.68. The molecule has 0 aromatic carbocycles.